The van der Waals surface area contributed by atoms with Gasteiger partial charge in [-0.05, 0) is 135 Å². The molecule has 438 valence electrons. The predicted octanol–water partition coefficient (Wildman–Crippen LogP) is 22.0. The van der Waals surface area contributed by atoms with Gasteiger partial charge in [-0.15, -0.1) is 0 Å². The molecule has 0 bridgehead atoms. The molecule has 0 aromatic carbocycles. The molecule has 6 nitrogen and oxygen atoms in total. The van der Waals surface area contributed by atoms with Crippen molar-refractivity contribution in [2.45, 2.75) is 297 Å². The first kappa shape index (κ1) is 72.8. The minimum atomic E-state index is -0.811. The smallest absolute Gasteiger partial charge is 0.306 e. The lowest BCUT2D eigenvalue weighted by Gasteiger charge is -2.18. The molecule has 0 aliphatic rings. The van der Waals surface area contributed by atoms with Crippen LogP contribution in [0.25, 0.3) is 0 Å². The van der Waals surface area contributed by atoms with Crippen molar-refractivity contribution in [1.29, 1.82) is 0 Å². The number of carbonyl (C=O) groups excluding carboxylic acids is 3. The Morgan fingerprint density at radius 3 is 0.844 bits per heavy atom. The minimum absolute atomic E-state index is 0.107. The average Bonchev–Trinajstić information content (AvgIpc) is 3.43. The van der Waals surface area contributed by atoms with Crippen molar-refractivity contribution in [2.24, 2.45) is 0 Å². The van der Waals surface area contributed by atoms with Gasteiger partial charge in [-0.1, -0.05) is 258 Å². The van der Waals surface area contributed by atoms with E-state index in [2.05, 4.69) is 142 Å². The molecule has 0 spiro atoms. The number of ether oxygens (including phenoxy) is 3. The summed E-state index contributed by atoms with van der Waals surface area (Å²) in [6.07, 6.45) is 89.1. The molecule has 6 heteroatoms. The Morgan fingerprint density at radius 1 is 0.273 bits per heavy atom. The van der Waals surface area contributed by atoms with Crippen LogP contribution in [0.1, 0.15) is 290 Å². The fourth-order valence-corrected chi connectivity index (χ4v) is 8.62. The van der Waals surface area contributed by atoms with Crippen LogP contribution in [0, 0.1) is 0 Å². The van der Waals surface area contributed by atoms with Crippen LogP contribution in [0.2, 0.25) is 0 Å². The van der Waals surface area contributed by atoms with Gasteiger partial charge in [0, 0.05) is 19.3 Å². The van der Waals surface area contributed by atoms with Gasteiger partial charge >= 0.3 is 17.9 Å². The van der Waals surface area contributed by atoms with Gasteiger partial charge in [0.15, 0.2) is 6.10 Å². The van der Waals surface area contributed by atoms with Gasteiger partial charge in [-0.2, -0.15) is 0 Å². The molecule has 0 aliphatic heterocycles. The molecule has 0 aromatic heterocycles. The fourth-order valence-electron chi connectivity index (χ4n) is 8.62. The Hall–Kier alpha value is -4.19. The monoisotopic (exact) mass is 1070 g/mol. The van der Waals surface area contributed by atoms with Gasteiger partial charge in [0.2, 0.25) is 0 Å². The third kappa shape index (κ3) is 62.5. The van der Waals surface area contributed by atoms with Gasteiger partial charge in [0.05, 0.1) is 0 Å². The molecule has 0 rings (SSSR count). The molecule has 0 aliphatic carbocycles. The summed E-state index contributed by atoms with van der Waals surface area (Å²) < 4.78 is 16.9. The first-order valence-electron chi connectivity index (χ1n) is 32.0. The third-order valence-electron chi connectivity index (χ3n) is 13.4. The average molecular weight is 1070 g/mol. The van der Waals surface area contributed by atoms with Gasteiger partial charge in [-0.3, -0.25) is 14.4 Å². The highest BCUT2D eigenvalue weighted by Crippen LogP contribution is 2.15. The molecule has 1 atom stereocenters. The van der Waals surface area contributed by atoms with Crippen LogP contribution in [0.4, 0.5) is 0 Å². The van der Waals surface area contributed by atoms with E-state index in [1.165, 1.54) is 128 Å². The van der Waals surface area contributed by atoms with Crippen LogP contribution in [0.3, 0.4) is 0 Å². The van der Waals surface area contributed by atoms with Crippen LogP contribution in [-0.4, -0.2) is 37.2 Å². The van der Waals surface area contributed by atoms with E-state index in [1.807, 2.05) is 0 Å². The van der Waals surface area contributed by atoms with E-state index in [0.29, 0.717) is 19.3 Å². The van der Waals surface area contributed by atoms with Crippen LogP contribution in [0.5, 0.6) is 0 Å². The maximum absolute atomic E-state index is 12.9. The van der Waals surface area contributed by atoms with E-state index in [1.54, 1.807) is 0 Å². The van der Waals surface area contributed by atoms with Gasteiger partial charge < -0.3 is 14.2 Å². The number of carbonyl (C=O) groups is 3. The molecule has 0 N–H and O–H groups in total. The maximum Gasteiger partial charge on any atom is 0.306 e. The normalized spacial score (nSPS) is 12.9. The maximum atomic E-state index is 12.9. The largest absolute Gasteiger partial charge is 0.462 e. The highest BCUT2D eigenvalue weighted by Gasteiger charge is 2.19. The second-order valence-corrected chi connectivity index (χ2v) is 20.9. The van der Waals surface area contributed by atoms with Crippen molar-refractivity contribution in [3.05, 3.63) is 122 Å². The summed E-state index contributed by atoms with van der Waals surface area (Å²) in [5.41, 5.74) is 0. The Morgan fingerprint density at radius 2 is 0.506 bits per heavy atom. The van der Waals surface area contributed by atoms with Crippen LogP contribution in [-0.2, 0) is 28.6 Å². The lowest BCUT2D eigenvalue weighted by atomic mass is 10.0. The van der Waals surface area contributed by atoms with E-state index in [4.69, 9.17) is 14.2 Å². The molecule has 0 amide bonds. The number of unbranched alkanes of at least 4 members (excludes halogenated alkanes) is 26. The number of rotatable bonds is 57. The highest BCUT2D eigenvalue weighted by atomic mass is 16.6. The molecular weight excluding hydrogens is 949 g/mol. The van der Waals surface area contributed by atoms with E-state index in [9.17, 15) is 14.4 Å². The Kier molecular flexibility index (Phi) is 60.8. The first-order valence-corrected chi connectivity index (χ1v) is 32.0. The van der Waals surface area contributed by atoms with Crippen LogP contribution >= 0.6 is 0 Å². The van der Waals surface area contributed by atoms with Crippen LogP contribution < -0.4 is 0 Å². The highest BCUT2D eigenvalue weighted by molar-refractivity contribution is 5.71. The van der Waals surface area contributed by atoms with Crippen molar-refractivity contribution in [2.75, 3.05) is 13.2 Å². The number of hydrogen-bond donors (Lipinski definition) is 0. The zero-order valence-corrected chi connectivity index (χ0v) is 50.2. The standard InChI is InChI=1S/C71H118O6/c1-4-7-10-13-16-19-22-25-28-31-34-35-38-41-44-47-50-53-56-59-62-65-71(74)77-68(66-75-69(72)63-60-57-54-51-48-45-42-39-36-32-29-26-23-20-17-14-11-8-5-2)67-76-70(73)64-61-58-55-52-49-46-43-40-37-33-30-27-24-21-18-15-12-9-6-3/h8,11,17-18,20-21,25-30,36-37,39-40,45-46,48-49,68H,4-7,9-10,12-16,19,22-24,31-35,38,41-44,47,50-67H2,1-3H3/b11-8-,20-17-,21-18-,28-25-,29-26-,30-27-,39-36-,40-37-,48-45-,49-46-/t68-/m1/s1. The summed E-state index contributed by atoms with van der Waals surface area (Å²) in [5.74, 6) is -0.963. The van der Waals surface area contributed by atoms with Crippen LogP contribution in [0.15, 0.2) is 122 Å². The summed E-state index contributed by atoms with van der Waals surface area (Å²) in [6.45, 7) is 6.46. The van der Waals surface area contributed by atoms with E-state index in [-0.39, 0.29) is 31.1 Å². The Balaban J connectivity index is 4.50. The van der Waals surface area contributed by atoms with Crippen molar-refractivity contribution in [3.63, 3.8) is 0 Å². The van der Waals surface area contributed by atoms with Gasteiger partial charge in [0.1, 0.15) is 13.2 Å². The SMILES string of the molecule is CC/C=C\C/C=C\C/C=C\C/C=C\C/C=C\CCCCCC(=O)OC[C@H](COC(=O)CCCCC/C=C\C/C=C\C/C=C\C/C=C\CCCCC)OC(=O)CCCCCCCCCCCCC/C=C\CCCCCCCC. The zero-order valence-electron chi connectivity index (χ0n) is 50.2. The molecule has 0 unspecified atom stereocenters. The van der Waals surface area contributed by atoms with Gasteiger partial charge in [0.25, 0.3) is 0 Å². The zero-order chi connectivity index (χ0) is 55.7. The summed E-state index contributed by atoms with van der Waals surface area (Å²) in [6, 6.07) is 0. The second kappa shape index (κ2) is 64.3. The van der Waals surface area contributed by atoms with E-state index >= 15 is 0 Å². The molecule has 77 heavy (non-hydrogen) atoms. The molecule has 0 radical (unpaired) electrons. The number of esters is 3. The summed E-state index contributed by atoms with van der Waals surface area (Å²) in [5, 5.41) is 0. The van der Waals surface area contributed by atoms with Crippen molar-refractivity contribution in [1.82, 2.24) is 0 Å². The predicted molar refractivity (Wildman–Crippen MR) is 334 cm³/mol. The third-order valence-corrected chi connectivity index (χ3v) is 13.4. The van der Waals surface area contributed by atoms with E-state index < -0.39 is 6.10 Å². The second-order valence-electron chi connectivity index (χ2n) is 20.9. The lowest BCUT2D eigenvalue weighted by Crippen LogP contribution is -2.30. The fraction of sp³-hybridized carbons (Fsp3) is 0.676. The Labute approximate surface area is 475 Å². The number of hydrogen-bond acceptors (Lipinski definition) is 6. The topological polar surface area (TPSA) is 78.9 Å². The Bertz CT molecular complexity index is 1600. The number of allylic oxidation sites excluding steroid dienone is 20. The summed E-state index contributed by atoms with van der Waals surface area (Å²) in [7, 11) is 0. The van der Waals surface area contributed by atoms with Crippen molar-refractivity contribution < 1.29 is 28.6 Å². The quantitative estimate of drug-likeness (QED) is 0.0261. The molecule has 0 saturated heterocycles. The minimum Gasteiger partial charge on any atom is -0.462 e. The molecule has 0 aromatic rings. The van der Waals surface area contributed by atoms with Crippen molar-refractivity contribution >= 4 is 17.9 Å². The molecule has 0 saturated carbocycles. The summed E-state index contributed by atoms with van der Waals surface area (Å²) >= 11 is 0. The lowest BCUT2D eigenvalue weighted by molar-refractivity contribution is -0.167. The van der Waals surface area contributed by atoms with Crippen molar-refractivity contribution in [3.8, 4) is 0 Å². The van der Waals surface area contributed by atoms with E-state index in [0.717, 1.165) is 122 Å². The molecule has 0 fully saturated rings. The molecule has 0 heterocycles. The molecular formula is C71H118O6. The summed E-state index contributed by atoms with van der Waals surface area (Å²) in [4.78, 5) is 38.3. The first-order chi connectivity index (χ1) is 38.0. The van der Waals surface area contributed by atoms with Gasteiger partial charge in [-0.25, -0.2) is 0 Å².